The van der Waals surface area contributed by atoms with Gasteiger partial charge in [0.15, 0.2) is 5.78 Å². The number of ketones is 1. The first-order chi connectivity index (χ1) is 15.3. The lowest BCUT2D eigenvalue weighted by Gasteiger charge is -2.40. The number of aromatic nitrogens is 3. The Bertz CT molecular complexity index is 1230. The van der Waals surface area contributed by atoms with Crippen LogP contribution >= 0.6 is 0 Å². The lowest BCUT2D eigenvalue weighted by atomic mass is 9.61. The number of pyridine rings is 1. The molecule has 0 radical (unpaired) electrons. The van der Waals surface area contributed by atoms with Crippen molar-refractivity contribution in [2.24, 2.45) is 5.41 Å². The van der Waals surface area contributed by atoms with Gasteiger partial charge in [0.05, 0.1) is 28.6 Å². The molecule has 2 aliphatic rings. The van der Waals surface area contributed by atoms with Gasteiger partial charge in [0.1, 0.15) is 11.5 Å². The van der Waals surface area contributed by atoms with Crippen molar-refractivity contribution < 1.29 is 22.4 Å². The van der Waals surface area contributed by atoms with Crippen molar-refractivity contribution in [3.8, 4) is 5.69 Å². The van der Waals surface area contributed by atoms with Crippen molar-refractivity contribution in [1.29, 1.82) is 0 Å². The van der Waals surface area contributed by atoms with Gasteiger partial charge in [-0.25, -0.2) is 9.07 Å². The van der Waals surface area contributed by atoms with E-state index in [-0.39, 0.29) is 17.3 Å². The van der Waals surface area contributed by atoms with E-state index in [4.69, 9.17) is 0 Å². The summed E-state index contributed by atoms with van der Waals surface area (Å²) in [5.74, 6) is -0.728. The van der Waals surface area contributed by atoms with E-state index < -0.39 is 17.2 Å². The molecule has 1 saturated carbocycles. The Morgan fingerprint density at radius 2 is 1.88 bits per heavy atom. The van der Waals surface area contributed by atoms with Crippen molar-refractivity contribution in [2.75, 3.05) is 0 Å². The van der Waals surface area contributed by atoms with E-state index >= 15 is 0 Å². The van der Waals surface area contributed by atoms with Crippen LogP contribution in [0, 0.1) is 11.2 Å². The van der Waals surface area contributed by atoms with Crippen molar-refractivity contribution in [2.45, 2.75) is 38.3 Å². The van der Waals surface area contributed by atoms with E-state index in [0.29, 0.717) is 24.9 Å². The summed E-state index contributed by atoms with van der Waals surface area (Å²) < 4.78 is 54.7. The summed E-state index contributed by atoms with van der Waals surface area (Å²) in [7, 11) is 0. The number of rotatable bonds is 3. The number of fused-ring (bicyclic) bond motifs is 2. The second kappa shape index (κ2) is 7.39. The summed E-state index contributed by atoms with van der Waals surface area (Å²) in [6.45, 7) is 0. The number of carbonyl (C=O) groups is 1. The lowest BCUT2D eigenvalue weighted by molar-refractivity contribution is -0.137. The Morgan fingerprint density at radius 3 is 2.62 bits per heavy atom. The first-order valence-electron chi connectivity index (χ1n) is 10.4. The first kappa shape index (κ1) is 20.6. The molecule has 0 bridgehead atoms. The summed E-state index contributed by atoms with van der Waals surface area (Å²) >= 11 is 0. The molecule has 5 rings (SSSR count). The summed E-state index contributed by atoms with van der Waals surface area (Å²) in [6, 6.07) is 7.68. The van der Waals surface area contributed by atoms with E-state index in [1.54, 1.807) is 23.0 Å². The number of hydrogen-bond donors (Lipinski definition) is 0. The van der Waals surface area contributed by atoms with Gasteiger partial charge < -0.3 is 0 Å². The van der Waals surface area contributed by atoms with Crippen LogP contribution in [0.2, 0.25) is 0 Å². The highest BCUT2D eigenvalue weighted by Gasteiger charge is 2.47. The molecule has 2 aromatic heterocycles. The molecule has 0 aliphatic heterocycles. The normalized spacial score (nSPS) is 20.3. The average molecular weight is 441 g/mol. The van der Waals surface area contributed by atoms with Crippen LogP contribution in [0.25, 0.3) is 11.8 Å². The van der Waals surface area contributed by atoms with Crippen molar-refractivity contribution >= 4 is 11.9 Å². The topological polar surface area (TPSA) is 47.8 Å². The van der Waals surface area contributed by atoms with Gasteiger partial charge in [0.25, 0.3) is 0 Å². The molecule has 1 fully saturated rings. The molecular formula is C24H19F4N3O. The molecule has 1 atom stereocenters. The van der Waals surface area contributed by atoms with Crippen molar-refractivity contribution in [3.05, 3.63) is 82.7 Å². The third kappa shape index (κ3) is 3.34. The van der Waals surface area contributed by atoms with Crippen LogP contribution in [0.5, 0.6) is 0 Å². The highest BCUT2D eigenvalue weighted by molar-refractivity contribution is 6.02. The van der Waals surface area contributed by atoms with Gasteiger partial charge in [-0.15, -0.1) is 0 Å². The minimum atomic E-state index is -4.54. The molecule has 32 heavy (non-hydrogen) atoms. The fraction of sp³-hybridized carbons (Fsp3) is 0.292. The largest absolute Gasteiger partial charge is 0.416 e. The Morgan fingerprint density at radius 1 is 1.09 bits per heavy atom. The average Bonchev–Trinajstić information content (AvgIpc) is 3.19. The molecule has 2 heterocycles. The van der Waals surface area contributed by atoms with E-state index in [2.05, 4.69) is 10.1 Å². The molecule has 8 heteroatoms. The summed E-state index contributed by atoms with van der Waals surface area (Å²) in [5.41, 5.74) is 1.27. The first-order valence-corrected chi connectivity index (χ1v) is 10.4. The van der Waals surface area contributed by atoms with Crippen LogP contribution in [-0.2, 0) is 12.6 Å². The third-order valence-corrected chi connectivity index (χ3v) is 6.43. The van der Waals surface area contributed by atoms with Crippen LogP contribution in [0.1, 0.15) is 53.0 Å². The second-order valence-electron chi connectivity index (χ2n) is 8.34. The maximum Gasteiger partial charge on any atom is 0.416 e. The molecule has 0 spiro atoms. The Balaban J connectivity index is 1.57. The zero-order chi connectivity index (χ0) is 22.5. The molecule has 4 nitrogen and oxygen atoms in total. The monoisotopic (exact) mass is 441 g/mol. The molecule has 0 unspecified atom stereocenters. The van der Waals surface area contributed by atoms with Gasteiger partial charge in [0.2, 0.25) is 0 Å². The molecule has 164 valence electrons. The van der Waals surface area contributed by atoms with Crippen LogP contribution in [0.3, 0.4) is 0 Å². The van der Waals surface area contributed by atoms with Crippen LogP contribution in [0.4, 0.5) is 17.6 Å². The summed E-state index contributed by atoms with van der Waals surface area (Å²) in [5, 5.41) is 4.44. The Labute approximate surface area is 181 Å². The van der Waals surface area contributed by atoms with Gasteiger partial charge in [-0.2, -0.15) is 18.3 Å². The molecule has 3 aromatic rings. The van der Waals surface area contributed by atoms with Crippen LogP contribution < -0.4 is 0 Å². The lowest BCUT2D eigenvalue weighted by Crippen LogP contribution is -2.40. The van der Waals surface area contributed by atoms with E-state index in [0.717, 1.165) is 48.0 Å². The standard InChI is InChI=1S/C24H19F4N3O/c25-18-4-6-19(7-5-18)31-21-12-16-3-1-2-9-23(16,13-15(21)14-30-31)22(32)20-11-17(8-10-29-20)24(26,27)28/h4-8,10-12,14H,1-3,9,13H2/t23-/m1/s1. The minimum absolute atomic E-state index is 0.165. The van der Waals surface area contributed by atoms with Gasteiger partial charge in [-0.3, -0.25) is 9.78 Å². The zero-order valence-electron chi connectivity index (χ0n) is 17.0. The number of carbonyl (C=O) groups excluding carboxylic acids is 1. The Hall–Kier alpha value is -3.29. The van der Waals surface area contributed by atoms with Crippen molar-refractivity contribution in [3.63, 3.8) is 0 Å². The molecule has 2 aliphatic carbocycles. The van der Waals surface area contributed by atoms with Gasteiger partial charge in [-0.05, 0) is 73.7 Å². The van der Waals surface area contributed by atoms with Crippen LogP contribution in [-0.4, -0.2) is 20.5 Å². The minimum Gasteiger partial charge on any atom is -0.291 e. The molecule has 1 aromatic carbocycles. The second-order valence-corrected chi connectivity index (χ2v) is 8.34. The van der Waals surface area contributed by atoms with E-state index in [1.165, 1.54) is 12.1 Å². The number of allylic oxidation sites excluding steroid dienone is 1. The quantitative estimate of drug-likeness (QED) is 0.381. The number of hydrogen-bond acceptors (Lipinski definition) is 3. The maximum absolute atomic E-state index is 13.6. The predicted molar refractivity (Wildman–Crippen MR) is 110 cm³/mol. The summed E-state index contributed by atoms with van der Waals surface area (Å²) in [4.78, 5) is 17.6. The van der Waals surface area contributed by atoms with Crippen LogP contribution in [0.15, 0.2) is 54.4 Å². The molecule has 0 saturated heterocycles. The third-order valence-electron chi connectivity index (χ3n) is 6.43. The zero-order valence-corrected chi connectivity index (χ0v) is 17.0. The van der Waals surface area contributed by atoms with Crippen molar-refractivity contribution in [1.82, 2.24) is 14.8 Å². The van der Waals surface area contributed by atoms with Gasteiger partial charge in [0, 0.05) is 6.20 Å². The molecule has 0 N–H and O–H groups in total. The smallest absolute Gasteiger partial charge is 0.291 e. The highest BCUT2D eigenvalue weighted by Crippen LogP contribution is 2.50. The Kier molecular flexibility index (Phi) is 4.76. The van der Waals surface area contributed by atoms with Gasteiger partial charge in [-0.1, -0.05) is 12.0 Å². The summed E-state index contributed by atoms with van der Waals surface area (Å²) in [6.07, 6.45) is 3.40. The molecular weight excluding hydrogens is 422 g/mol. The van der Waals surface area contributed by atoms with E-state index in [1.807, 2.05) is 6.08 Å². The number of halogens is 4. The number of nitrogens with zero attached hydrogens (tertiary/aromatic N) is 3. The van der Waals surface area contributed by atoms with E-state index in [9.17, 15) is 22.4 Å². The number of alkyl halides is 3. The fourth-order valence-corrected chi connectivity index (χ4v) is 4.83. The SMILES string of the molecule is O=C(c1cc(C(F)(F)F)ccn1)[C@@]12CCCCC1=Cc1c(cnn1-c1ccc(F)cc1)C2. The number of Topliss-reactive ketones (excluding diaryl/α,β-unsaturated/α-hetero) is 1. The fourth-order valence-electron chi connectivity index (χ4n) is 4.83. The maximum atomic E-state index is 13.6. The number of benzene rings is 1. The highest BCUT2D eigenvalue weighted by atomic mass is 19.4. The predicted octanol–water partition coefficient (Wildman–Crippen LogP) is 5.81. The van der Waals surface area contributed by atoms with Gasteiger partial charge >= 0.3 is 6.18 Å². The molecule has 0 amide bonds.